The van der Waals surface area contributed by atoms with Crippen molar-refractivity contribution in [3.63, 3.8) is 0 Å². The zero-order valence-electron chi connectivity index (χ0n) is 16.1. The van der Waals surface area contributed by atoms with Crippen LogP contribution in [0.1, 0.15) is 54.9 Å². The average Bonchev–Trinajstić information content (AvgIpc) is 3.12. The minimum atomic E-state index is -1.54. The number of ether oxygens (including phenoxy) is 2. The molecule has 0 spiro atoms. The van der Waals surface area contributed by atoms with E-state index >= 15 is 0 Å². The molecule has 0 aromatic heterocycles. The van der Waals surface area contributed by atoms with Gasteiger partial charge in [-0.25, -0.2) is 4.79 Å². The van der Waals surface area contributed by atoms with Gasteiger partial charge in [0.15, 0.2) is 6.61 Å². The zero-order chi connectivity index (χ0) is 18.0. The Morgan fingerprint density at radius 1 is 1.09 bits per heavy atom. The Hall–Kier alpha value is -0.843. The average molecular weight is 343 g/mol. The Labute approximate surface area is 142 Å². The maximum atomic E-state index is 12.2. The molecule has 0 N–H and O–H groups in total. The molecule has 23 heavy (non-hydrogen) atoms. The van der Waals surface area contributed by atoms with Gasteiger partial charge in [-0.15, -0.1) is 0 Å². The first-order chi connectivity index (χ1) is 10.5. The molecule has 1 aliphatic rings. The second-order valence-electron chi connectivity index (χ2n) is 8.35. The quantitative estimate of drug-likeness (QED) is 0.484. The number of carbonyl (C=O) groups excluding carboxylic acids is 2. The topological polar surface area (TPSA) is 52.6 Å². The van der Waals surface area contributed by atoms with Gasteiger partial charge in [0.2, 0.25) is 0 Å². The van der Waals surface area contributed by atoms with Crippen molar-refractivity contribution in [3.05, 3.63) is 0 Å². The summed E-state index contributed by atoms with van der Waals surface area (Å²) < 4.78 is 9.63. The van der Waals surface area contributed by atoms with Crippen molar-refractivity contribution in [1.82, 2.24) is 0 Å². The smallest absolute Gasteiger partial charge is 0.344 e. The fraction of sp³-hybridized carbons (Fsp3) is 0.889. The second kappa shape index (κ2) is 7.37. The molecule has 1 saturated carbocycles. The van der Waals surface area contributed by atoms with Gasteiger partial charge >= 0.3 is 11.9 Å². The molecule has 0 saturated heterocycles. The van der Waals surface area contributed by atoms with Gasteiger partial charge in [-0.05, 0) is 11.8 Å². The Kier molecular flexibility index (Phi) is 6.47. The van der Waals surface area contributed by atoms with E-state index in [9.17, 15) is 9.59 Å². The van der Waals surface area contributed by atoms with Crippen molar-refractivity contribution in [3.8, 4) is 0 Å². The van der Waals surface area contributed by atoms with Crippen LogP contribution in [0.2, 0.25) is 22.7 Å². The third-order valence-corrected chi connectivity index (χ3v) is 14.0. The molecule has 0 unspecified atom stereocenters. The Morgan fingerprint density at radius 2 is 1.57 bits per heavy atom. The fourth-order valence-corrected chi connectivity index (χ4v) is 11.6. The number of rotatable bonds is 8. The molecule has 4 nitrogen and oxygen atoms in total. The fourth-order valence-electron chi connectivity index (χ4n) is 4.57. The van der Waals surface area contributed by atoms with E-state index in [1.54, 1.807) is 0 Å². The molecule has 0 heterocycles. The molecule has 0 radical (unpaired) electrons. The lowest BCUT2D eigenvalue weighted by atomic mass is 10.1. The van der Waals surface area contributed by atoms with E-state index in [2.05, 4.69) is 53.2 Å². The van der Waals surface area contributed by atoms with Gasteiger partial charge < -0.3 is 9.47 Å². The maximum absolute atomic E-state index is 12.2. The van der Waals surface area contributed by atoms with Crippen molar-refractivity contribution in [2.24, 2.45) is 11.3 Å². The normalized spacial score (nSPS) is 24.2. The number of methoxy groups -OCH3 is 1. The van der Waals surface area contributed by atoms with Crippen LogP contribution in [0.3, 0.4) is 0 Å². The predicted octanol–water partition coefficient (Wildman–Crippen LogP) is 4.41. The van der Waals surface area contributed by atoms with Crippen molar-refractivity contribution in [1.29, 1.82) is 0 Å². The van der Waals surface area contributed by atoms with Crippen LogP contribution in [0.25, 0.3) is 0 Å². The van der Waals surface area contributed by atoms with E-state index in [1.807, 2.05) is 0 Å². The second-order valence-corrected chi connectivity index (χ2v) is 14.4. The van der Waals surface area contributed by atoms with Gasteiger partial charge in [-0.2, -0.15) is 0 Å². The molecule has 5 heteroatoms. The van der Waals surface area contributed by atoms with Crippen molar-refractivity contribution in [2.45, 2.75) is 77.6 Å². The number of esters is 2. The first-order valence-electron chi connectivity index (χ1n) is 8.74. The molecule has 0 bridgehead atoms. The lowest BCUT2D eigenvalue weighted by molar-refractivity contribution is -0.158. The van der Waals surface area contributed by atoms with Crippen LogP contribution >= 0.6 is 0 Å². The molecule has 0 aromatic rings. The summed E-state index contributed by atoms with van der Waals surface area (Å²) in [6, 6.07) is 1.16. The highest BCUT2D eigenvalue weighted by Crippen LogP contribution is 2.62. The molecule has 0 aliphatic heterocycles. The van der Waals surface area contributed by atoms with Crippen LogP contribution < -0.4 is 0 Å². The Morgan fingerprint density at radius 3 is 1.96 bits per heavy atom. The molecule has 1 aliphatic carbocycles. The van der Waals surface area contributed by atoms with Crippen LogP contribution in [0.15, 0.2) is 0 Å². The van der Waals surface area contributed by atoms with Crippen LogP contribution in [-0.4, -0.2) is 33.7 Å². The molecule has 0 aromatic carbocycles. The minimum absolute atomic E-state index is 0.0399. The number of carbonyl (C=O) groups is 2. The first kappa shape index (κ1) is 20.2. The summed E-state index contributed by atoms with van der Waals surface area (Å²) in [5, 5.41) is 0. The third kappa shape index (κ3) is 4.17. The van der Waals surface area contributed by atoms with E-state index in [1.165, 1.54) is 7.11 Å². The monoisotopic (exact) mass is 342 g/mol. The Bertz CT molecular complexity index is 423. The summed E-state index contributed by atoms with van der Waals surface area (Å²) in [5.74, 6) is -0.802. The largest absolute Gasteiger partial charge is 0.466 e. The third-order valence-electron chi connectivity index (χ3n) is 6.13. The van der Waals surface area contributed by atoms with E-state index in [-0.39, 0.29) is 23.9 Å². The maximum Gasteiger partial charge on any atom is 0.344 e. The van der Waals surface area contributed by atoms with Gasteiger partial charge in [0, 0.05) is 0 Å². The summed E-state index contributed by atoms with van der Waals surface area (Å²) in [6.45, 7) is 16.0. The summed E-state index contributed by atoms with van der Waals surface area (Å²) in [6.07, 6.45) is 0.883. The van der Waals surface area contributed by atoms with Gasteiger partial charge in [-0.1, -0.05) is 71.1 Å². The van der Waals surface area contributed by atoms with Crippen molar-refractivity contribution >= 4 is 20.0 Å². The lowest BCUT2D eigenvalue weighted by Crippen LogP contribution is -2.46. The highest BCUT2D eigenvalue weighted by molar-refractivity contribution is 6.83. The van der Waals surface area contributed by atoms with Crippen LogP contribution in [0, 0.1) is 11.3 Å². The van der Waals surface area contributed by atoms with Gasteiger partial charge in [-0.3, -0.25) is 4.79 Å². The van der Waals surface area contributed by atoms with Gasteiger partial charge in [0.1, 0.15) is 0 Å². The van der Waals surface area contributed by atoms with E-state index in [0.29, 0.717) is 16.6 Å². The zero-order valence-corrected chi connectivity index (χ0v) is 17.1. The molecule has 2 atom stereocenters. The summed E-state index contributed by atoms with van der Waals surface area (Å²) in [4.78, 5) is 23.3. The van der Waals surface area contributed by atoms with E-state index < -0.39 is 14.0 Å². The number of hydrogen-bond acceptors (Lipinski definition) is 4. The summed E-state index contributed by atoms with van der Waals surface area (Å²) in [7, 11) is -0.242. The Balaban J connectivity index is 2.79. The highest BCUT2D eigenvalue weighted by Gasteiger charge is 2.60. The predicted molar refractivity (Wildman–Crippen MR) is 95.0 cm³/mol. The molecule has 0 amide bonds. The van der Waals surface area contributed by atoms with Gasteiger partial charge in [0.05, 0.1) is 21.1 Å². The standard InChI is InChI=1S/C18H34O4Si/c1-12(2)23(13(3)4,14(5)6)11-18(7)9-15(18)17(20)22-10-16(19)21-8/h12-15H,9-11H2,1-8H3/t15-,18-/m0/s1. The van der Waals surface area contributed by atoms with E-state index in [0.717, 1.165) is 12.5 Å². The SMILES string of the molecule is COC(=O)COC(=O)[C@@H]1C[C@@]1(C)C[Si](C(C)C)(C(C)C)C(C)C. The number of hydrogen-bond donors (Lipinski definition) is 0. The lowest BCUT2D eigenvalue weighted by Gasteiger charge is -2.45. The van der Waals surface area contributed by atoms with Crippen molar-refractivity contribution < 1.29 is 19.1 Å². The van der Waals surface area contributed by atoms with E-state index in [4.69, 9.17) is 4.74 Å². The van der Waals surface area contributed by atoms with Crippen LogP contribution in [0.5, 0.6) is 0 Å². The van der Waals surface area contributed by atoms with Crippen LogP contribution in [-0.2, 0) is 19.1 Å². The summed E-state index contributed by atoms with van der Waals surface area (Å²) >= 11 is 0. The minimum Gasteiger partial charge on any atom is -0.466 e. The molecular weight excluding hydrogens is 308 g/mol. The van der Waals surface area contributed by atoms with Crippen LogP contribution in [0.4, 0.5) is 0 Å². The molecule has 1 fully saturated rings. The highest BCUT2D eigenvalue weighted by atomic mass is 28.3. The molecule has 1 rings (SSSR count). The van der Waals surface area contributed by atoms with Crippen molar-refractivity contribution in [2.75, 3.05) is 13.7 Å². The van der Waals surface area contributed by atoms with Gasteiger partial charge in [0.25, 0.3) is 0 Å². The molecule has 134 valence electrons. The summed E-state index contributed by atoms with van der Waals surface area (Å²) in [5.41, 5.74) is 2.10. The first-order valence-corrected chi connectivity index (χ1v) is 11.2. The molecular formula is C18H34O4Si.